The van der Waals surface area contributed by atoms with E-state index >= 15 is 0 Å². The zero-order valence-electron chi connectivity index (χ0n) is 16.9. The molecule has 0 aromatic heterocycles. The summed E-state index contributed by atoms with van der Waals surface area (Å²) >= 11 is 6.13. The number of hydrogen-bond acceptors (Lipinski definition) is 2. The molecule has 4 nitrogen and oxygen atoms in total. The Morgan fingerprint density at radius 1 is 1.11 bits per heavy atom. The molecule has 0 radical (unpaired) electrons. The van der Waals surface area contributed by atoms with Gasteiger partial charge in [-0.15, -0.1) is 0 Å². The predicted octanol–water partition coefficient (Wildman–Crippen LogP) is 5.13. The van der Waals surface area contributed by atoms with Crippen LogP contribution < -0.4 is 5.32 Å². The van der Waals surface area contributed by atoms with Gasteiger partial charge in [-0.1, -0.05) is 67.9 Å². The Bertz CT molecular complexity index is 847. The predicted molar refractivity (Wildman–Crippen MR) is 118 cm³/mol. The molecule has 0 bridgehead atoms. The molecule has 0 aliphatic carbocycles. The lowest BCUT2D eigenvalue weighted by molar-refractivity contribution is 0.243. The fraction of sp³-hybridized carbons (Fsp3) is 0.391. The van der Waals surface area contributed by atoms with Crippen LogP contribution in [0.25, 0.3) is 0 Å². The van der Waals surface area contributed by atoms with Gasteiger partial charge in [0.2, 0.25) is 0 Å². The molecule has 1 aliphatic rings. The molecule has 1 unspecified atom stereocenters. The maximum Gasteiger partial charge on any atom is 0.197 e. The summed E-state index contributed by atoms with van der Waals surface area (Å²) in [5, 5.41) is 12.5. The standard InChI is InChI=1S/C23H29ClN4/c1-17(2)15-23(3)21(26-16-19-8-5-4-6-9-19)27-22(25)28(23)13-12-18-10-7-11-20(24)14-18/h4-11,14,17H,12-13,15-16H2,1-3H3,(H2,25,26,27). The maximum absolute atomic E-state index is 8.54. The van der Waals surface area contributed by atoms with Crippen LogP contribution in [0.4, 0.5) is 0 Å². The minimum atomic E-state index is -0.307. The number of hydrogen-bond donors (Lipinski definition) is 2. The fourth-order valence-corrected chi connectivity index (χ4v) is 4.16. The zero-order valence-corrected chi connectivity index (χ0v) is 17.6. The van der Waals surface area contributed by atoms with Crippen molar-refractivity contribution in [3.63, 3.8) is 0 Å². The molecule has 5 heteroatoms. The summed E-state index contributed by atoms with van der Waals surface area (Å²) in [6, 6.07) is 18.2. The normalized spacial score (nSPS) is 20.8. The molecule has 1 heterocycles. The van der Waals surface area contributed by atoms with Gasteiger partial charge in [0.05, 0.1) is 12.1 Å². The third-order valence-electron chi connectivity index (χ3n) is 5.19. The van der Waals surface area contributed by atoms with Crippen LogP contribution in [-0.2, 0) is 13.0 Å². The largest absolute Gasteiger partial charge is 0.330 e. The molecular formula is C23H29ClN4. The molecule has 1 atom stereocenters. The maximum atomic E-state index is 8.54. The Kier molecular flexibility index (Phi) is 6.40. The summed E-state index contributed by atoms with van der Waals surface area (Å²) in [5.41, 5.74) is 2.05. The Morgan fingerprint density at radius 2 is 1.82 bits per heavy atom. The fourth-order valence-electron chi connectivity index (χ4n) is 3.95. The second kappa shape index (κ2) is 8.78. The molecule has 1 aliphatic heterocycles. The lowest BCUT2D eigenvalue weighted by atomic mass is 9.88. The van der Waals surface area contributed by atoms with Crippen LogP contribution in [-0.4, -0.2) is 28.8 Å². The van der Waals surface area contributed by atoms with Crippen molar-refractivity contribution in [1.29, 1.82) is 5.41 Å². The number of rotatable bonds is 7. The van der Waals surface area contributed by atoms with Gasteiger partial charge in [-0.2, -0.15) is 0 Å². The van der Waals surface area contributed by atoms with E-state index in [1.807, 2.05) is 36.4 Å². The van der Waals surface area contributed by atoms with Gasteiger partial charge in [-0.05, 0) is 48.9 Å². The third-order valence-corrected chi connectivity index (χ3v) is 5.43. The van der Waals surface area contributed by atoms with Crippen molar-refractivity contribution < 1.29 is 0 Å². The van der Waals surface area contributed by atoms with Crippen molar-refractivity contribution in [3.8, 4) is 0 Å². The van der Waals surface area contributed by atoms with Crippen LogP contribution in [0.2, 0.25) is 5.02 Å². The van der Waals surface area contributed by atoms with Gasteiger partial charge in [0, 0.05) is 11.6 Å². The minimum absolute atomic E-state index is 0.307. The molecule has 0 spiro atoms. The van der Waals surface area contributed by atoms with Gasteiger partial charge >= 0.3 is 0 Å². The number of benzene rings is 2. The van der Waals surface area contributed by atoms with Crippen LogP contribution in [0.15, 0.2) is 59.6 Å². The molecule has 1 fully saturated rings. The molecular weight excluding hydrogens is 368 g/mol. The van der Waals surface area contributed by atoms with E-state index in [1.54, 1.807) is 0 Å². The van der Waals surface area contributed by atoms with Gasteiger partial charge in [0.15, 0.2) is 5.96 Å². The molecule has 3 rings (SSSR count). The van der Waals surface area contributed by atoms with Gasteiger partial charge in [0.1, 0.15) is 5.84 Å². The van der Waals surface area contributed by atoms with Gasteiger partial charge in [0.25, 0.3) is 0 Å². The number of guanidine groups is 1. The van der Waals surface area contributed by atoms with Crippen molar-refractivity contribution in [2.45, 2.75) is 45.7 Å². The van der Waals surface area contributed by atoms with Crippen molar-refractivity contribution in [2.24, 2.45) is 10.9 Å². The summed E-state index contributed by atoms with van der Waals surface area (Å²) in [7, 11) is 0. The molecule has 2 aromatic carbocycles. The highest BCUT2D eigenvalue weighted by Gasteiger charge is 2.45. The Labute approximate surface area is 173 Å². The van der Waals surface area contributed by atoms with Crippen molar-refractivity contribution in [2.75, 3.05) is 6.54 Å². The lowest BCUT2D eigenvalue weighted by Gasteiger charge is -2.36. The molecule has 2 aromatic rings. The van der Waals surface area contributed by atoms with Crippen LogP contribution in [0.1, 0.15) is 38.3 Å². The Hall–Kier alpha value is -2.33. The van der Waals surface area contributed by atoms with E-state index < -0.39 is 0 Å². The van der Waals surface area contributed by atoms with E-state index in [2.05, 4.69) is 49.2 Å². The summed E-state index contributed by atoms with van der Waals surface area (Å²) in [6.07, 6.45) is 1.77. The first-order valence-corrected chi connectivity index (χ1v) is 10.2. The van der Waals surface area contributed by atoms with Gasteiger partial charge in [-0.25, -0.2) is 0 Å². The summed E-state index contributed by atoms with van der Waals surface area (Å²) in [5.74, 6) is 1.81. The van der Waals surface area contributed by atoms with Crippen LogP contribution in [0, 0.1) is 11.3 Å². The van der Waals surface area contributed by atoms with E-state index in [-0.39, 0.29) is 5.54 Å². The van der Waals surface area contributed by atoms with E-state index in [4.69, 9.17) is 22.0 Å². The van der Waals surface area contributed by atoms with Crippen LogP contribution in [0.3, 0.4) is 0 Å². The average Bonchev–Trinajstić information content (AvgIpc) is 2.88. The van der Waals surface area contributed by atoms with Crippen LogP contribution >= 0.6 is 11.6 Å². The second-order valence-electron chi connectivity index (χ2n) is 8.03. The lowest BCUT2D eigenvalue weighted by Crippen LogP contribution is -2.49. The second-order valence-corrected chi connectivity index (χ2v) is 8.46. The average molecular weight is 397 g/mol. The van der Waals surface area contributed by atoms with Gasteiger partial charge < -0.3 is 10.2 Å². The summed E-state index contributed by atoms with van der Waals surface area (Å²) in [4.78, 5) is 7.02. The SMILES string of the molecule is CC(C)CC1(C)/C(=N/Cc2ccccc2)NC(=N)N1CCc1cccc(Cl)c1. The molecule has 1 saturated heterocycles. The van der Waals surface area contributed by atoms with Crippen molar-refractivity contribution in [3.05, 3.63) is 70.7 Å². The first-order chi connectivity index (χ1) is 13.4. The minimum Gasteiger partial charge on any atom is -0.330 e. The zero-order chi connectivity index (χ0) is 20.1. The number of aliphatic imine (C=N–C) groups is 1. The first kappa shape index (κ1) is 20.4. The molecule has 0 amide bonds. The topological polar surface area (TPSA) is 51.5 Å². The Morgan fingerprint density at radius 3 is 2.50 bits per heavy atom. The first-order valence-electron chi connectivity index (χ1n) is 9.85. The highest BCUT2D eigenvalue weighted by molar-refractivity contribution is 6.30. The molecule has 2 N–H and O–H groups in total. The highest BCUT2D eigenvalue weighted by atomic mass is 35.5. The Balaban J connectivity index is 1.81. The van der Waals surface area contributed by atoms with Crippen molar-refractivity contribution in [1.82, 2.24) is 10.2 Å². The van der Waals surface area contributed by atoms with E-state index in [0.717, 1.165) is 30.2 Å². The highest BCUT2D eigenvalue weighted by Crippen LogP contribution is 2.30. The number of halogens is 1. The summed E-state index contributed by atoms with van der Waals surface area (Å²) < 4.78 is 0. The molecule has 0 saturated carbocycles. The van der Waals surface area contributed by atoms with Gasteiger partial charge in [-0.3, -0.25) is 10.4 Å². The molecule has 28 heavy (non-hydrogen) atoms. The summed E-state index contributed by atoms with van der Waals surface area (Å²) in [6.45, 7) is 8.00. The van der Waals surface area contributed by atoms with E-state index in [0.29, 0.717) is 18.4 Å². The third kappa shape index (κ3) is 4.74. The van der Waals surface area contributed by atoms with E-state index in [1.165, 1.54) is 11.1 Å². The van der Waals surface area contributed by atoms with E-state index in [9.17, 15) is 0 Å². The number of nitrogens with one attached hydrogen (secondary N) is 2. The quantitative estimate of drug-likeness (QED) is 0.681. The van der Waals surface area contributed by atoms with Crippen molar-refractivity contribution >= 4 is 23.4 Å². The monoisotopic (exact) mass is 396 g/mol. The number of amidine groups is 1. The molecule has 148 valence electrons. The smallest absolute Gasteiger partial charge is 0.197 e. The van der Waals surface area contributed by atoms with Crippen LogP contribution in [0.5, 0.6) is 0 Å². The number of nitrogens with zero attached hydrogens (tertiary/aromatic N) is 2.